The van der Waals surface area contributed by atoms with Gasteiger partial charge in [0, 0.05) is 5.69 Å². The van der Waals surface area contributed by atoms with E-state index < -0.39 is 18.0 Å². The van der Waals surface area contributed by atoms with Crippen molar-refractivity contribution >= 4 is 17.7 Å². The number of phenolic OH excluding ortho intramolecular Hbond substituents is 1. The van der Waals surface area contributed by atoms with Crippen molar-refractivity contribution < 1.29 is 19.8 Å². The van der Waals surface area contributed by atoms with Gasteiger partial charge in [0.25, 0.3) is 0 Å². The number of para-hydroxylation sites is 1. The Balaban J connectivity index is 2.13. The first-order valence-corrected chi connectivity index (χ1v) is 6.62. The van der Waals surface area contributed by atoms with Gasteiger partial charge in [0.2, 0.25) is 0 Å². The first-order valence-electron chi connectivity index (χ1n) is 6.62. The summed E-state index contributed by atoms with van der Waals surface area (Å²) in [6.07, 6.45) is 0. The number of phenols is 1. The lowest BCUT2D eigenvalue weighted by atomic mass is 10.0. The number of hydrogen-bond acceptors (Lipinski definition) is 3. The highest BCUT2D eigenvalue weighted by Gasteiger charge is 2.22. The van der Waals surface area contributed by atoms with Crippen LogP contribution in [0.2, 0.25) is 0 Å². The molecule has 2 aromatic rings. The van der Waals surface area contributed by atoms with E-state index in [1.165, 1.54) is 18.2 Å². The van der Waals surface area contributed by atoms with Gasteiger partial charge in [0.1, 0.15) is 5.75 Å². The molecule has 0 aliphatic rings. The lowest BCUT2D eigenvalue weighted by Gasteiger charge is -2.16. The molecule has 2 amide bonds. The zero-order valence-corrected chi connectivity index (χ0v) is 11.9. The van der Waals surface area contributed by atoms with Crippen LogP contribution in [0.5, 0.6) is 5.75 Å². The summed E-state index contributed by atoms with van der Waals surface area (Å²) in [5, 5.41) is 23.7. The molecule has 6 heteroatoms. The zero-order valence-electron chi connectivity index (χ0n) is 11.9. The van der Waals surface area contributed by atoms with Gasteiger partial charge >= 0.3 is 12.0 Å². The molecular formula is C16H16N2O4. The molecule has 4 N–H and O–H groups in total. The maximum atomic E-state index is 11.9. The molecule has 0 aliphatic carbocycles. The summed E-state index contributed by atoms with van der Waals surface area (Å²) in [5.74, 6) is -1.12. The summed E-state index contributed by atoms with van der Waals surface area (Å²) < 4.78 is 0. The predicted molar refractivity (Wildman–Crippen MR) is 81.8 cm³/mol. The molecule has 0 radical (unpaired) electrons. The maximum Gasteiger partial charge on any atom is 0.330 e. The number of carbonyl (C=O) groups is 2. The second-order valence-corrected chi connectivity index (χ2v) is 4.78. The third-order valence-electron chi connectivity index (χ3n) is 3.11. The summed E-state index contributed by atoms with van der Waals surface area (Å²) in [7, 11) is 0. The maximum absolute atomic E-state index is 11.9. The Labute approximate surface area is 127 Å². The molecule has 0 fully saturated rings. The van der Waals surface area contributed by atoms with Gasteiger partial charge in [-0.15, -0.1) is 0 Å². The Morgan fingerprint density at radius 1 is 1.09 bits per heavy atom. The fourth-order valence-electron chi connectivity index (χ4n) is 1.97. The van der Waals surface area contributed by atoms with Crippen LogP contribution in [0, 0.1) is 6.92 Å². The highest BCUT2D eigenvalue weighted by Crippen LogP contribution is 2.22. The quantitative estimate of drug-likeness (QED) is 0.697. The van der Waals surface area contributed by atoms with Crippen LogP contribution in [0.1, 0.15) is 17.2 Å². The molecule has 0 bridgehead atoms. The molecule has 0 heterocycles. The van der Waals surface area contributed by atoms with Gasteiger partial charge in [-0.05, 0) is 42.3 Å². The lowest BCUT2D eigenvalue weighted by molar-refractivity contribution is -0.139. The average molecular weight is 300 g/mol. The number of carbonyl (C=O) groups excluding carboxylic acids is 1. The lowest BCUT2D eigenvalue weighted by Crippen LogP contribution is -2.36. The Hall–Kier alpha value is -3.02. The number of aliphatic carboxylic acids is 1. The van der Waals surface area contributed by atoms with Crippen molar-refractivity contribution in [3.8, 4) is 5.75 Å². The molecule has 22 heavy (non-hydrogen) atoms. The van der Waals surface area contributed by atoms with Gasteiger partial charge in [-0.2, -0.15) is 0 Å². The standard InChI is InChI=1S/C16H16N2O4/c1-10-9-11(7-8-13(10)19)14(15(20)21)18-16(22)17-12-5-3-2-4-6-12/h2-9,14,19H,1H3,(H,20,21)(H2,17,18,22). The van der Waals surface area contributed by atoms with Crippen LogP contribution in [0.15, 0.2) is 48.5 Å². The van der Waals surface area contributed by atoms with Gasteiger partial charge in [0.05, 0.1) is 0 Å². The van der Waals surface area contributed by atoms with Gasteiger partial charge in [0.15, 0.2) is 6.04 Å². The van der Waals surface area contributed by atoms with E-state index in [-0.39, 0.29) is 5.75 Å². The largest absolute Gasteiger partial charge is 0.508 e. The molecule has 0 saturated carbocycles. The molecule has 2 rings (SSSR count). The van der Waals surface area contributed by atoms with E-state index in [9.17, 15) is 19.8 Å². The number of aromatic hydroxyl groups is 1. The summed E-state index contributed by atoms with van der Waals surface area (Å²) in [4.78, 5) is 23.3. The number of carboxylic acid groups (broad SMARTS) is 1. The van der Waals surface area contributed by atoms with Crippen LogP contribution in [0.3, 0.4) is 0 Å². The second-order valence-electron chi connectivity index (χ2n) is 4.78. The number of hydrogen-bond donors (Lipinski definition) is 4. The molecular weight excluding hydrogens is 284 g/mol. The van der Waals surface area contributed by atoms with Gasteiger partial charge in [-0.3, -0.25) is 0 Å². The average Bonchev–Trinajstić information content (AvgIpc) is 2.48. The molecule has 114 valence electrons. The molecule has 0 aromatic heterocycles. The van der Waals surface area contributed by atoms with E-state index in [0.717, 1.165) is 0 Å². The monoisotopic (exact) mass is 300 g/mol. The van der Waals surface area contributed by atoms with Crippen molar-refractivity contribution in [2.24, 2.45) is 0 Å². The number of benzene rings is 2. The molecule has 6 nitrogen and oxygen atoms in total. The van der Waals surface area contributed by atoms with Gasteiger partial charge in [-0.25, -0.2) is 9.59 Å². The van der Waals surface area contributed by atoms with Crippen molar-refractivity contribution in [2.45, 2.75) is 13.0 Å². The topological polar surface area (TPSA) is 98.7 Å². The first kappa shape index (κ1) is 15.4. The predicted octanol–water partition coefficient (Wildman–Crippen LogP) is 2.65. The van der Waals surface area contributed by atoms with E-state index in [0.29, 0.717) is 16.8 Å². The van der Waals surface area contributed by atoms with Crippen molar-refractivity contribution in [3.05, 3.63) is 59.7 Å². The van der Waals surface area contributed by atoms with E-state index in [4.69, 9.17) is 0 Å². The fraction of sp³-hybridized carbons (Fsp3) is 0.125. The molecule has 1 unspecified atom stereocenters. The van der Waals surface area contributed by atoms with Gasteiger partial charge in [-0.1, -0.05) is 24.3 Å². The van der Waals surface area contributed by atoms with E-state index >= 15 is 0 Å². The number of nitrogens with one attached hydrogen (secondary N) is 2. The van der Waals surface area contributed by atoms with Crippen molar-refractivity contribution in [1.29, 1.82) is 0 Å². The smallest absolute Gasteiger partial charge is 0.330 e. The Morgan fingerprint density at radius 2 is 1.77 bits per heavy atom. The Bertz CT molecular complexity index is 686. The summed E-state index contributed by atoms with van der Waals surface area (Å²) >= 11 is 0. The minimum Gasteiger partial charge on any atom is -0.508 e. The third-order valence-corrected chi connectivity index (χ3v) is 3.11. The minimum atomic E-state index is -1.21. The van der Waals surface area contributed by atoms with Crippen LogP contribution >= 0.6 is 0 Å². The normalized spacial score (nSPS) is 11.5. The van der Waals surface area contributed by atoms with E-state index in [1.807, 2.05) is 6.07 Å². The van der Waals surface area contributed by atoms with Crippen molar-refractivity contribution in [2.75, 3.05) is 5.32 Å². The van der Waals surface area contributed by atoms with Crippen LogP contribution in [-0.4, -0.2) is 22.2 Å². The van der Waals surface area contributed by atoms with Crippen molar-refractivity contribution in [3.63, 3.8) is 0 Å². The van der Waals surface area contributed by atoms with Crippen LogP contribution in [0.4, 0.5) is 10.5 Å². The zero-order chi connectivity index (χ0) is 16.1. The number of amides is 2. The third kappa shape index (κ3) is 3.76. The Kier molecular flexibility index (Phi) is 4.63. The number of rotatable bonds is 4. The minimum absolute atomic E-state index is 0.0709. The SMILES string of the molecule is Cc1cc(C(NC(=O)Nc2ccccc2)C(=O)O)ccc1O. The van der Waals surface area contributed by atoms with Crippen LogP contribution in [0.25, 0.3) is 0 Å². The van der Waals surface area contributed by atoms with Crippen LogP contribution < -0.4 is 10.6 Å². The van der Waals surface area contributed by atoms with Crippen LogP contribution in [-0.2, 0) is 4.79 Å². The number of urea groups is 1. The highest BCUT2D eigenvalue weighted by atomic mass is 16.4. The Morgan fingerprint density at radius 3 is 2.36 bits per heavy atom. The fourth-order valence-corrected chi connectivity index (χ4v) is 1.97. The molecule has 0 saturated heterocycles. The van der Waals surface area contributed by atoms with E-state index in [1.54, 1.807) is 31.2 Å². The summed E-state index contributed by atoms with van der Waals surface area (Å²) in [6, 6.07) is 11.3. The number of aryl methyl sites for hydroxylation is 1. The first-order chi connectivity index (χ1) is 10.5. The highest BCUT2D eigenvalue weighted by molar-refractivity contribution is 5.92. The molecule has 0 spiro atoms. The number of carboxylic acids is 1. The number of anilines is 1. The van der Waals surface area contributed by atoms with E-state index in [2.05, 4.69) is 10.6 Å². The second kappa shape index (κ2) is 6.62. The molecule has 2 aromatic carbocycles. The molecule has 0 aliphatic heterocycles. The molecule has 1 atom stereocenters. The van der Waals surface area contributed by atoms with Crippen molar-refractivity contribution in [1.82, 2.24) is 5.32 Å². The van der Waals surface area contributed by atoms with Gasteiger partial charge < -0.3 is 20.8 Å². The summed E-state index contributed by atoms with van der Waals surface area (Å²) in [5.41, 5.74) is 1.48. The summed E-state index contributed by atoms with van der Waals surface area (Å²) in [6.45, 7) is 1.65.